The van der Waals surface area contributed by atoms with E-state index in [2.05, 4.69) is 0 Å². The van der Waals surface area contributed by atoms with Gasteiger partial charge in [0.15, 0.2) is 0 Å². The number of carbonyl (C=O) groups is 1. The minimum atomic E-state index is -0.617. The summed E-state index contributed by atoms with van der Waals surface area (Å²) in [5.74, 6) is 0.431. The summed E-state index contributed by atoms with van der Waals surface area (Å²) in [7, 11) is 1.56. The van der Waals surface area contributed by atoms with Crippen LogP contribution in [0, 0.1) is 11.3 Å². The molecule has 0 radical (unpaired) electrons. The molecule has 0 unspecified atom stereocenters. The largest absolute Gasteiger partial charge is 0.491 e. The summed E-state index contributed by atoms with van der Waals surface area (Å²) in [4.78, 5) is 11.0. The molecule has 16 heavy (non-hydrogen) atoms. The van der Waals surface area contributed by atoms with E-state index in [4.69, 9.17) is 26.3 Å². The smallest absolute Gasteiger partial charge is 0.252 e. The molecule has 5 heteroatoms. The maximum Gasteiger partial charge on any atom is 0.252 e. The fraction of sp³-hybridized carbons (Fsp3) is 0.273. The predicted octanol–water partition coefficient (Wildman–Crippen LogP) is 1.96. The van der Waals surface area contributed by atoms with Crippen molar-refractivity contribution in [2.75, 3.05) is 20.3 Å². The Morgan fingerprint density at radius 1 is 1.44 bits per heavy atom. The number of hydrogen-bond acceptors (Lipinski definition) is 4. The van der Waals surface area contributed by atoms with Gasteiger partial charge in [-0.25, -0.2) is 0 Å². The molecular weight excluding hydrogens is 230 g/mol. The summed E-state index contributed by atoms with van der Waals surface area (Å²) >= 11 is 5.34. The average molecular weight is 240 g/mol. The first kappa shape index (κ1) is 12.5. The van der Waals surface area contributed by atoms with Gasteiger partial charge >= 0.3 is 0 Å². The van der Waals surface area contributed by atoms with Crippen molar-refractivity contribution in [2.24, 2.45) is 0 Å². The Morgan fingerprint density at radius 2 is 2.19 bits per heavy atom. The number of hydrogen-bond donors (Lipinski definition) is 0. The Hall–Kier alpha value is -1.57. The second-order valence-electron chi connectivity index (χ2n) is 2.97. The number of benzene rings is 1. The number of methoxy groups -OCH3 is 1. The molecule has 0 aliphatic carbocycles. The zero-order valence-electron chi connectivity index (χ0n) is 8.70. The van der Waals surface area contributed by atoms with Gasteiger partial charge in [-0.15, -0.1) is 0 Å². The third-order valence-electron chi connectivity index (χ3n) is 1.82. The first-order chi connectivity index (χ1) is 7.67. The van der Waals surface area contributed by atoms with Gasteiger partial charge in [-0.05, 0) is 29.8 Å². The summed E-state index contributed by atoms with van der Waals surface area (Å²) in [6.45, 7) is 0.780. The molecule has 1 aromatic carbocycles. The standard InChI is InChI=1S/C11H10ClNO3/c1-15-2-3-16-10-5-8(7-13)4-9(6-10)11(12)14/h4-6H,2-3H2,1H3. The number of nitrogens with zero attached hydrogens (tertiary/aromatic N) is 1. The van der Waals surface area contributed by atoms with Crippen molar-refractivity contribution < 1.29 is 14.3 Å². The van der Waals surface area contributed by atoms with E-state index in [9.17, 15) is 4.79 Å². The minimum absolute atomic E-state index is 0.244. The lowest BCUT2D eigenvalue weighted by molar-refractivity contribution is 0.108. The molecule has 0 spiro atoms. The van der Waals surface area contributed by atoms with E-state index in [0.717, 1.165) is 0 Å². The molecule has 0 heterocycles. The molecule has 0 amide bonds. The highest BCUT2D eigenvalue weighted by atomic mass is 35.5. The van der Waals surface area contributed by atoms with Gasteiger partial charge in [0.05, 0.1) is 18.2 Å². The number of carbonyl (C=O) groups excluding carboxylic acids is 1. The van der Waals surface area contributed by atoms with Crippen LogP contribution in [-0.4, -0.2) is 25.6 Å². The second kappa shape index (κ2) is 6.11. The highest BCUT2D eigenvalue weighted by Gasteiger charge is 2.06. The maximum atomic E-state index is 11.0. The molecule has 1 rings (SSSR count). The number of ether oxygens (including phenoxy) is 2. The molecule has 0 aliphatic rings. The van der Waals surface area contributed by atoms with E-state index in [0.29, 0.717) is 24.5 Å². The van der Waals surface area contributed by atoms with Crippen LogP contribution in [0.2, 0.25) is 0 Å². The third-order valence-corrected chi connectivity index (χ3v) is 2.04. The summed E-state index contributed by atoms with van der Waals surface area (Å²) in [5, 5.41) is 8.14. The minimum Gasteiger partial charge on any atom is -0.491 e. The van der Waals surface area contributed by atoms with Gasteiger partial charge in [0, 0.05) is 12.7 Å². The van der Waals surface area contributed by atoms with E-state index >= 15 is 0 Å². The Morgan fingerprint density at radius 3 is 2.75 bits per heavy atom. The maximum absolute atomic E-state index is 11.0. The average Bonchev–Trinajstić information content (AvgIpc) is 2.29. The van der Waals surface area contributed by atoms with Gasteiger partial charge in [0.2, 0.25) is 0 Å². The van der Waals surface area contributed by atoms with Gasteiger partial charge in [-0.1, -0.05) is 0 Å². The monoisotopic (exact) mass is 239 g/mol. The lowest BCUT2D eigenvalue weighted by Crippen LogP contribution is -2.05. The fourth-order valence-electron chi connectivity index (χ4n) is 1.10. The number of nitriles is 1. The molecule has 0 fully saturated rings. The third kappa shape index (κ3) is 3.54. The first-order valence-electron chi connectivity index (χ1n) is 4.54. The van der Waals surface area contributed by atoms with Crippen LogP contribution in [-0.2, 0) is 4.74 Å². The van der Waals surface area contributed by atoms with Crippen LogP contribution >= 0.6 is 11.6 Å². The van der Waals surface area contributed by atoms with E-state index in [-0.39, 0.29) is 5.56 Å². The Kier molecular flexibility index (Phi) is 4.77. The van der Waals surface area contributed by atoms with Crippen molar-refractivity contribution >= 4 is 16.8 Å². The van der Waals surface area contributed by atoms with Gasteiger partial charge in [-0.3, -0.25) is 4.79 Å². The molecule has 4 nitrogen and oxygen atoms in total. The molecule has 0 saturated heterocycles. The second-order valence-corrected chi connectivity index (χ2v) is 3.32. The van der Waals surface area contributed by atoms with Crippen molar-refractivity contribution in [3.8, 4) is 11.8 Å². The molecule has 0 N–H and O–H groups in total. The zero-order chi connectivity index (χ0) is 12.0. The van der Waals surface area contributed by atoms with Crippen LogP contribution in [0.15, 0.2) is 18.2 Å². The Bertz CT molecular complexity index is 426. The van der Waals surface area contributed by atoms with Crippen LogP contribution in [0.25, 0.3) is 0 Å². The lowest BCUT2D eigenvalue weighted by Gasteiger charge is -2.06. The zero-order valence-corrected chi connectivity index (χ0v) is 9.45. The molecule has 0 aromatic heterocycles. The summed E-state index contributed by atoms with van der Waals surface area (Å²) in [6, 6.07) is 6.38. The topological polar surface area (TPSA) is 59.3 Å². The quantitative estimate of drug-likeness (QED) is 0.582. The lowest BCUT2D eigenvalue weighted by atomic mass is 10.1. The van der Waals surface area contributed by atoms with Gasteiger partial charge in [0.25, 0.3) is 5.24 Å². The highest BCUT2D eigenvalue weighted by Crippen LogP contribution is 2.18. The van der Waals surface area contributed by atoms with E-state index in [1.807, 2.05) is 6.07 Å². The molecule has 0 atom stereocenters. The molecule has 0 aliphatic heterocycles. The summed E-state index contributed by atoms with van der Waals surface area (Å²) < 4.78 is 10.1. The molecule has 84 valence electrons. The Labute approximate surface area is 98.3 Å². The number of halogens is 1. The van der Waals surface area contributed by atoms with Crippen molar-refractivity contribution in [1.82, 2.24) is 0 Å². The van der Waals surface area contributed by atoms with Crippen LogP contribution in [0.5, 0.6) is 5.75 Å². The van der Waals surface area contributed by atoms with Crippen LogP contribution in [0.1, 0.15) is 15.9 Å². The van der Waals surface area contributed by atoms with Crippen LogP contribution in [0.4, 0.5) is 0 Å². The van der Waals surface area contributed by atoms with Gasteiger partial charge in [0.1, 0.15) is 12.4 Å². The van der Waals surface area contributed by atoms with E-state index < -0.39 is 5.24 Å². The van der Waals surface area contributed by atoms with Crippen LogP contribution in [0.3, 0.4) is 0 Å². The van der Waals surface area contributed by atoms with Crippen molar-refractivity contribution in [3.05, 3.63) is 29.3 Å². The molecular formula is C11H10ClNO3. The molecule has 0 bridgehead atoms. The molecule has 1 aromatic rings. The van der Waals surface area contributed by atoms with Gasteiger partial charge < -0.3 is 9.47 Å². The summed E-state index contributed by atoms with van der Waals surface area (Å²) in [6.07, 6.45) is 0. The van der Waals surface area contributed by atoms with E-state index in [1.165, 1.54) is 12.1 Å². The molecule has 0 saturated carbocycles. The van der Waals surface area contributed by atoms with Crippen molar-refractivity contribution in [2.45, 2.75) is 0 Å². The number of rotatable bonds is 5. The van der Waals surface area contributed by atoms with E-state index in [1.54, 1.807) is 13.2 Å². The first-order valence-corrected chi connectivity index (χ1v) is 4.92. The van der Waals surface area contributed by atoms with Crippen molar-refractivity contribution in [1.29, 1.82) is 5.26 Å². The van der Waals surface area contributed by atoms with Gasteiger partial charge in [-0.2, -0.15) is 5.26 Å². The van der Waals surface area contributed by atoms with Crippen LogP contribution < -0.4 is 4.74 Å². The fourth-order valence-corrected chi connectivity index (χ4v) is 1.21. The normalized spacial score (nSPS) is 9.56. The SMILES string of the molecule is COCCOc1cc(C#N)cc(C(=O)Cl)c1. The predicted molar refractivity (Wildman–Crippen MR) is 58.7 cm³/mol. The Balaban J connectivity index is 2.88. The van der Waals surface area contributed by atoms with Crippen molar-refractivity contribution in [3.63, 3.8) is 0 Å². The highest BCUT2D eigenvalue weighted by molar-refractivity contribution is 6.67. The summed E-state index contributed by atoms with van der Waals surface area (Å²) in [5.41, 5.74) is 0.576.